The predicted molar refractivity (Wildman–Crippen MR) is 131 cm³/mol. The molecule has 7 heteroatoms. The van der Waals surface area contributed by atoms with Gasteiger partial charge in [0, 0.05) is 0 Å². The molecule has 0 saturated carbocycles. The third kappa shape index (κ3) is 14.0. The third-order valence-electron chi connectivity index (χ3n) is 6.35. The van der Waals surface area contributed by atoms with Crippen LogP contribution in [0.3, 0.4) is 0 Å². The molecule has 1 aliphatic rings. The topological polar surface area (TPSA) is 108 Å². The van der Waals surface area contributed by atoms with Gasteiger partial charge >= 0.3 is 0 Å². The summed E-state index contributed by atoms with van der Waals surface area (Å²) < 4.78 is 5.56. The first-order chi connectivity index (χ1) is 14.6. The van der Waals surface area contributed by atoms with Crippen LogP contribution in [0.5, 0.6) is 0 Å². The van der Waals surface area contributed by atoms with Crippen molar-refractivity contribution in [3.05, 3.63) is 0 Å². The number of nitrogens with one attached hydrogen (secondary N) is 1. The van der Waals surface area contributed by atoms with E-state index in [-0.39, 0.29) is 19.0 Å². The molecule has 1 rings (SSSR count). The minimum atomic E-state index is -1.14. The summed E-state index contributed by atoms with van der Waals surface area (Å²) in [5, 5.41) is 32.2. The molecule has 0 spiro atoms. The summed E-state index contributed by atoms with van der Waals surface area (Å²) in [5.74, 6) is 0. The number of rotatable bonds is 19. The first-order valence-corrected chi connectivity index (χ1v) is 12.7. The van der Waals surface area contributed by atoms with Gasteiger partial charge in [0.25, 0.3) is 0 Å². The Hall–Kier alpha value is 0.0500. The zero-order valence-corrected chi connectivity index (χ0v) is 20.7. The van der Waals surface area contributed by atoms with Gasteiger partial charge in [-0.05, 0) is 13.0 Å². The lowest BCUT2D eigenvalue weighted by atomic mass is 9.97. The Labute approximate surface area is 197 Å². The highest BCUT2D eigenvalue weighted by Gasteiger charge is 2.41. The quantitative estimate of drug-likeness (QED) is 0.184. The van der Waals surface area contributed by atoms with E-state index < -0.39 is 30.6 Å². The Balaban J connectivity index is 0.00000900. The lowest BCUT2D eigenvalue weighted by Gasteiger charge is -2.41. The molecular formula is C24H51ClN2O4. The van der Waals surface area contributed by atoms with Crippen LogP contribution in [0.25, 0.3) is 0 Å². The Kier molecular flexibility index (Phi) is 20.7. The van der Waals surface area contributed by atoms with E-state index in [0.29, 0.717) is 0 Å². The van der Waals surface area contributed by atoms with E-state index >= 15 is 0 Å². The highest BCUT2D eigenvalue weighted by molar-refractivity contribution is 5.85. The summed E-state index contributed by atoms with van der Waals surface area (Å²) in [5.41, 5.74) is 5.92. The number of aliphatic hydroxyl groups is 3. The molecule has 188 valence electrons. The van der Waals surface area contributed by atoms with Gasteiger partial charge in [0.2, 0.25) is 0 Å². The molecule has 6 N–H and O–H groups in total. The molecule has 0 amide bonds. The highest BCUT2D eigenvalue weighted by Crippen LogP contribution is 2.18. The van der Waals surface area contributed by atoms with Crippen LogP contribution in [0.15, 0.2) is 0 Å². The number of ether oxygens (including phenoxy) is 1. The zero-order chi connectivity index (χ0) is 22.0. The highest BCUT2D eigenvalue weighted by atomic mass is 35.5. The van der Waals surface area contributed by atoms with Crippen LogP contribution in [0, 0.1) is 0 Å². The van der Waals surface area contributed by atoms with Crippen molar-refractivity contribution in [1.29, 1.82) is 0 Å². The molecule has 31 heavy (non-hydrogen) atoms. The number of hydrogen-bond acceptors (Lipinski definition) is 6. The zero-order valence-electron chi connectivity index (χ0n) is 19.9. The van der Waals surface area contributed by atoms with Crippen LogP contribution in [-0.2, 0) is 4.74 Å². The Morgan fingerprint density at radius 3 is 1.55 bits per heavy atom. The minimum absolute atomic E-state index is 0. The normalized spacial score (nSPS) is 26.0. The van der Waals surface area contributed by atoms with Gasteiger partial charge in [-0.25, -0.2) is 0 Å². The van der Waals surface area contributed by atoms with Gasteiger partial charge in [-0.2, -0.15) is 0 Å². The molecule has 0 bridgehead atoms. The minimum Gasteiger partial charge on any atom is -0.394 e. The lowest BCUT2D eigenvalue weighted by molar-refractivity contribution is -0.196. The number of aliphatic hydroxyl groups excluding tert-OH is 3. The van der Waals surface area contributed by atoms with Crippen molar-refractivity contribution in [1.82, 2.24) is 5.32 Å². The van der Waals surface area contributed by atoms with Crippen LogP contribution >= 0.6 is 12.4 Å². The van der Waals surface area contributed by atoms with E-state index in [4.69, 9.17) is 10.5 Å². The fourth-order valence-corrected chi connectivity index (χ4v) is 4.24. The SMILES string of the molecule is CCCCCCCCCCCCCCCCCCN[C@@H]1O[C@H](CO)[C@@H](O)[C@H](O)[C@@H]1N.Cl. The van der Waals surface area contributed by atoms with Crippen molar-refractivity contribution in [2.24, 2.45) is 5.73 Å². The van der Waals surface area contributed by atoms with E-state index in [1.54, 1.807) is 0 Å². The fourth-order valence-electron chi connectivity index (χ4n) is 4.24. The Bertz CT molecular complexity index is 391. The number of hydrogen-bond donors (Lipinski definition) is 5. The molecule has 1 aliphatic heterocycles. The molecule has 0 unspecified atom stereocenters. The van der Waals surface area contributed by atoms with Crippen molar-refractivity contribution in [2.75, 3.05) is 13.2 Å². The van der Waals surface area contributed by atoms with Gasteiger partial charge in [-0.3, -0.25) is 5.32 Å². The average molecular weight is 467 g/mol. The van der Waals surface area contributed by atoms with Gasteiger partial charge in [-0.1, -0.05) is 103 Å². The Morgan fingerprint density at radius 2 is 1.13 bits per heavy atom. The third-order valence-corrected chi connectivity index (χ3v) is 6.35. The van der Waals surface area contributed by atoms with E-state index in [1.807, 2.05) is 0 Å². The van der Waals surface area contributed by atoms with E-state index in [9.17, 15) is 15.3 Å². The molecule has 0 aromatic rings. The summed E-state index contributed by atoms with van der Waals surface area (Å²) in [6.45, 7) is 2.70. The maximum absolute atomic E-state index is 9.96. The van der Waals surface area contributed by atoms with Crippen molar-refractivity contribution in [3.63, 3.8) is 0 Å². The first kappa shape index (κ1) is 31.0. The van der Waals surface area contributed by atoms with Crippen LogP contribution in [-0.4, -0.2) is 59.1 Å². The number of nitrogens with two attached hydrogens (primary N) is 1. The van der Waals surface area contributed by atoms with Crippen LogP contribution in [0.1, 0.15) is 110 Å². The summed E-state index contributed by atoms with van der Waals surface area (Å²) in [6, 6.07) is -0.691. The van der Waals surface area contributed by atoms with Gasteiger partial charge in [0.15, 0.2) is 0 Å². The van der Waals surface area contributed by atoms with E-state index in [1.165, 1.54) is 96.3 Å². The van der Waals surface area contributed by atoms with Crippen LogP contribution in [0.2, 0.25) is 0 Å². The molecule has 1 heterocycles. The molecule has 0 aromatic carbocycles. The number of halogens is 1. The van der Waals surface area contributed by atoms with E-state index in [0.717, 1.165) is 13.0 Å². The van der Waals surface area contributed by atoms with Crippen molar-refractivity contribution >= 4 is 12.4 Å². The molecule has 1 fully saturated rings. The standard InChI is InChI=1S/C24H50N2O4.ClH/c1-2-3-4-5-6-7-8-9-10-11-12-13-14-15-16-17-18-26-24-21(25)23(29)22(28)20(19-27)30-24;/h20-24,26-29H,2-19,25H2,1H3;1H/t20-,21+,22-,23-,24-;/m1./s1. The second-order valence-electron chi connectivity index (χ2n) is 9.09. The smallest absolute Gasteiger partial charge is 0.126 e. The largest absolute Gasteiger partial charge is 0.394 e. The van der Waals surface area contributed by atoms with Gasteiger partial charge in [0.1, 0.15) is 24.5 Å². The molecule has 5 atom stereocenters. The van der Waals surface area contributed by atoms with Crippen LogP contribution in [0.4, 0.5) is 0 Å². The summed E-state index contributed by atoms with van der Waals surface area (Å²) in [6.07, 6.45) is 18.0. The van der Waals surface area contributed by atoms with Crippen molar-refractivity contribution in [3.8, 4) is 0 Å². The van der Waals surface area contributed by atoms with Crippen LogP contribution < -0.4 is 11.1 Å². The second kappa shape index (κ2) is 20.6. The lowest BCUT2D eigenvalue weighted by Crippen LogP contribution is -2.65. The predicted octanol–water partition coefficient (Wildman–Crippen LogP) is 4.03. The van der Waals surface area contributed by atoms with Crippen molar-refractivity contribution in [2.45, 2.75) is 140 Å². The maximum atomic E-state index is 9.96. The second-order valence-corrected chi connectivity index (χ2v) is 9.09. The summed E-state index contributed by atoms with van der Waals surface area (Å²) in [7, 11) is 0. The number of unbranched alkanes of at least 4 members (excludes halogenated alkanes) is 15. The molecule has 0 aromatic heterocycles. The van der Waals surface area contributed by atoms with Gasteiger partial charge in [-0.15, -0.1) is 12.4 Å². The fraction of sp³-hybridized carbons (Fsp3) is 1.00. The molecule has 1 saturated heterocycles. The molecule has 0 aliphatic carbocycles. The monoisotopic (exact) mass is 466 g/mol. The van der Waals surface area contributed by atoms with Crippen molar-refractivity contribution < 1.29 is 20.1 Å². The van der Waals surface area contributed by atoms with Gasteiger partial charge in [0.05, 0.1) is 12.6 Å². The van der Waals surface area contributed by atoms with E-state index in [2.05, 4.69) is 12.2 Å². The van der Waals surface area contributed by atoms with Gasteiger partial charge < -0.3 is 25.8 Å². The average Bonchev–Trinajstić information content (AvgIpc) is 2.75. The maximum Gasteiger partial charge on any atom is 0.126 e. The molecule has 6 nitrogen and oxygen atoms in total. The Morgan fingerprint density at radius 1 is 0.710 bits per heavy atom. The summed E-state index contributed by atoms with van der Waals surface area (Å²) in [4.78, 5) is 0. The summed E-state index contributed by atoms with van der Waals surface area (Å²) >= 11 is 0. The molecule has 0 radical (unpaired) electrons. The first-order valence-electron chi connectivity index (χ1n) is 12.7. The molecular weight excluding hydrogens is 416 g/mol.